The van der Waals surface area contributed by atoms with E-state index in [0.717, 1.165) is 6.42 Å². The zero-order chi connectivity index (χ0) is 12.5. The SMILES string of the molecule is Cc1cc(C)cc(CC(O)C2(C)CCCC2)c1. The highest BCUT2D eigenvalue weighted by Crippen LogP contribution is 2.41. The Kier molecular flexibility index (Phi) is 3.58. The number of aryl methyl sites for hydroxylation is 2. The van der Waals surface area contributed by atoms with Gasteiger partial charge in [-0.3, -0.25) is 0 Å². The van der Waals surface area contributed by atoms with Crippen molar-refractivity contribution in [2.45, 2.75) is 59.0 Å². The third-order valence-electron chi connectivity index (χ3n) is 4.26. The highest BCUT2D eigenvalue weighted by Gasteiger charge is 2.35. The second-order valence-electron chi connectivity index (χ2n) is 6.08. The van der Waals surface area contributed by atoms with Gasteiger partial charge in [-0.2, -0.15) is 0 Å². The molecule has 1 heteroatoms. The van der Waals surface area contributed by atoms with E-state index in [9.17, 15) is 5.11 Å². The van der Waals surface area contributed by atoms with Gasteiger partial charge >= 0.3 is 0 Å². The molecular formula is C16H24O. The number of hydrogen-bond acceptors (Lipinski definition) is 1. The van der Waals surface area contributed by atoms with Crippen LogP contribution < -0.4 is 0 Å². The zero-order valence-corrected chi connectivity index (χ0v) is 11.3. The van der Waals surface area contributed by atoms with Gasteiger partial charge in [0.1, 0.15) is 0 Å². The third-order valence-corrected chi connectivity index (χ3v) is 4.26. The summed E-state index contributed by atoms with van der Waals surface area (Å²) in [5, 5.41) is 10.4. The quantitative estimate of drug-likeness (QED) is 0.840. The molecule has 1 aliphatic rings. The largest absolute Gasteiger partial charge is 0.392 e. The van der Waals surface area contributed by atoms with Crippen LogP contribution >= 0.6 is 0 Å². The lowest BCUT2D eigenvalue weighted by Crippen LogP contribution is -2.31. The first-order valence-electron chi connectivity index (χ1n) is 6.75. The zero-order valence-electron chi connectivity index (χ0n) is 11.3. The van der Waals surface area contributed by atoms with Crippen LogP contribution in [0.1, 0.15) is 49.3 Å². The lowest BCUT2D eigenvalue weighted by molar-refractivity contribution is 0.0423. The molecular weight excluding hydrogens is 208 g/mol. The van der Waals surface area contributed by atoms with Crippen molar-refractivity contribution in [1.82, 2.24) is 0 Å². The number of aliphatic hydroxyl groups excluding tert-OH is 1. The fourth-order valence-corrected chi connectivity index (χ4v) is 3.17. The molecule has 0 saturated heterocycles. The second-order valence-corrected chi connectivity index (χ2v) is 6.08. The molecule has 0 bridgehead atoms. The van der Waals surface area contributed by atoms with Crippen molar-refractivity contribution in [3.05, 3.63) is 34.9 Å². The maximum absolute atomic E-state index is 10.4. The monoisotopic (exact) mass is 232 g/mol. The van der Waals surface area contributed by atoms with Gasteiger partial charge in [-0.1, -0.05) is 49.1 Å². The molecule has 0 amide bonds. The van der Waals surface area contributed by atoms with Gasteiger partial charge in [-0.15, -0.1) is 0 Å². The molecule has 17 heavy (non-hydrogen) atoms. The Balaban J connectivity index is 2.09. The minimum atomic E-state index is -0.189. The van der Waals surface area contributed by atoms with Crippen molar-refractivity contribution in [3.63, 3.8) is 0 Å². The average molecular weight is 232 g/mol. The van der Waals surface area contributed by atoms with Crippen LogP contribution in [0.15, 0.2) is 18.2 Å². The van der Waals surface area contributed by atoms with Gasteiger partial charge in [0, 0.05) is 0 Å². The van der Waals surface area contributed by atoms with Crippen molar-refractivity contribution >= 4 is 0 Å². The molecule has 1 aromatic rings. The minimum absolute atomic E-state index is 0.150. The Morgan fingerprint density at radius 1 is 1.12 bits per heavy atom. The molecule has 1 atom stereocenters. The molecule has 1 aromatic carbocycles. The standard InChI is InChI=1S/C16H24O/c1-12-8-13(2)10-14(9-12)11-15(17)16(3)6-4-5-7-16/h8-10,15,17H,4-7,11H2,1-3H3. The fraction of sp³-hybridized carbons (Fsp3) is 0.625. The lowest BCUT2D eigenvalue weighted by Gasteiger charge is -2.30. The van der Waals surface area contributed by atoms with Crippen molar-refractivity contribution < 1.29 is 5.11 Å². The number of hydrogen-bond donors (Lipinski definition) is 1. The van der Waals surface area contributed by atoms with E-state index in [1.165, 1.54) is 42.4 Å². The molecule has 94 valence electrons. The molecule has 1 aliphatic carbocycles. The predicted octanol–water partition coefficient (Wildman–Crippen LogP) is 3.79. The normalized spacial score (nSPS) is 20.5. The van der Waals surface area contributed by atoms with Crippen LogP contribution in [0, 0.1) is 19.3 Å². The Morgan fingerprint density at radius 3 is 2.18 bits per heavy atom. The molecule has 1 fully saturated rings. The summed E-state index contributed by atoms with van der Waals surface area (Å²) in [6.45, 7) is 6.49. The summed E-state index contributed by atoms with van der Waals surface area (Å²) >= 11 is 0. The summed E-state index contributed by atoms with van der Waals surface area (Å²) < 4.78 is 0. The summed E-state index contributed by atoms with van der Waals surface area (Å²) in [4.78, 5) is 0. The second kappa shape index (κ2) is 4.81. The molecule has 1 saturated carbocycles. The molecule has 0 radical (unpaired) electrons. The van der Waals surface area contributed by atoms with E-state index in [-0.39, 0.29) is 11.5 Å². The molecule has 1 unspecified atom stereocenters. The van der Waals surface area contributed by atoms with Crippen LogP contribution in [-0.2, 0) is 6.42 Å². The van der Waals surface area contributed by atoms with Gasteiger partial charge in [-0.05, 0) is 44.1 Å². The van der Waals surface area contributed by atoms with E-state index < -0.39 is 0 Å². The molecule has 2 rings (SSSR count). The van der Waals surface area contributed by atoms with Gasteiger partial charge in [0.05, 0.1) is 6.10 Å². The van der Waals surface area contributed by atoms with Crippen molar-refractivity contribution in [2.24, 2.45) is 5.41 Å². The third kappa shape index (κ3) is 2.90. The van der Waals surface area contributed by atoms with Gasteiger partial charge in [0.15, 0.2) is 0 Å². The van der Waals surface area contributed by atoms with Crippen LogP contribution in [0.2, 0.25) is 0 Å². The van der Waals surface area contributed by atoms with Gasteiger partial charge in [-0.25, -0.2) is 0 Å². The van der Waals surface area contributed by atoms with E-state index in [1.54, 1.807) is 0 Å². The summed E-state index contributed by atoms with van der Waals surface area (Å²) in [5.74, 6) is 0. The Labute approximate surface area is 105 Å². The highest BCUT2D eigenvalue weighted by atomic mass is 16.3. The van der Waals surface area contributed by atoms with Crippen molar-refractivity contribution in [2.75, 3.05) is 0 Å². The number of benzene rings is 1. The van der Waals surface area contributed by atoms with E-state index in [4.69, 9.17) is 0 Å². The average Bonchev–Trinajstić information content (AvgIpc) is 2.64. The maximum Gasteiger partial charge on any atom is 0.0634 e. The predicted molar refractivity (Wildman–Crippen MR) is 72.2 cm³/mol. The van der Waals surface area contributed by atoms with E-state index >= 15 is 0 Å². The van der Waals surface area contributed by atoms with E-state index in [0.29, 0.717) is 0 Å². The minimum Gasteiger partial charge on any atom is -0.392 e. The van der Waals surface area contributed by atoms with Gasteiger partial charge in [0.25, 0.3) is 0 Å². The molecule has 1 nitrogen and oxygen atoms in total. The molecule has 0 heterocycles. The first-order chi connectivity index (χ1) is 7.99. The van der Waals surface area contributed by atoms with E-state index in [1.807, 2.05) is 0 Å². The Morgan fingerprint density at radius 2 is 1.65 bits per heavy atom. The van der Waals surface area contributed by atoms with Crippen LogP contribution in [0.3, 0.4) is 0 Å². The lowest BCUT2D eigenvalue weighted by atomic mass is 9.79. The summed E-state index contributed by atoms with van der Waals surface area (Å²) in [6, 6.07) is 6.59. The summed E-state index contributed by atoms with van der Waals surface area (Å²) in [5.41, 5.74) is 4.02. The molecule has 0 aliphatic heterocycles. The number of rotatable bonds is 3. The molecule has 1 N–H and O–H groups in total. The van der Waals surface area contributed by atoms with Crippen LogP contribution in [0.25, 0.3) is 0 Å². The maximum atomic E-state index is 10.4. The summed E-state index contributed by atoms with van der Waals surface area (Å²) in [6.07, 6.45) is 5.53. The van der Waals surface area contributed by atoms with Crippen LogP contribution in [0.4, 0.5) is 0 Å². The van der Waals surface area contributed by atoms with Gasteiger partial charge in [0.2, 0.25) is 0 Å². The molecule has 0 aromatic heterocycles. The first-order valence-corrected chi connectivity index (χ1v) is 6.75. The van der Waals surface area contributed by atoms with Crippen LogP contribution in [0.5, 0.6) is 0 Å². The first kappa shape index (κ1) is 12.6. The Bertz CT molecular complexity index is 368. The van der Waals surface area contributed by atoms with Crippen molar-refractivity contribution in [3.8, 4) is 0 Å². The van der Waals surface area contributed by atoms with E-state index in [2.05, 4.69) is 39.0 Å². The molecule has 0 spiro atoms. The topological polar surface area (TPSA) is 20.2 Å². The summed E-state index contributed by atoms with van der Waals surface area (Å²) in [7, 11) is 0. The van der Waals surface area contributed by atoms with Crippen molar-refractivity contribution in [1.29, 1.82) is 0 Å². The highest BCUT2D eigenvalue weighted by molar-refractivity contribution is 5.29. The Hall–Kier alpha value is -0.820. The smallest absolute Gasteiger partial charge is 0.0634 e. The fourth-order valence-electron chi connectivity index (χ4n) is 3.17. The van der Waals surface area contributed by atoms with Crippen LogP contribution in [-0.4, -0.2) is 11.2 Å². The van der Waals surface area contributed by atoms with Gasteiger partial charge < -0.3 is 5.11 Å². The number of aliphatic hydroxyl groups is 1.